The van der Waals surface area contributed by atoms with Gasteiger partial charge in [0.1, 0.15) is 0 Å². The zero-order valence-corrected chi connectivity index (χ0v) is 13.2. The molecule has 0 amide bonds. The summed E-state index contributed by atoms with van der Waals surface area (Å²) < 4.78 is 5.41. The van der Waals surface area contributed by atoms with Crippen molar-refractivity contribution < 1.29 is 14.6 Å². The zero-order chi connectivity index (χ0) is 14.9. The molecule has 3 nitrogen and oxygen atoms in total. The lowest BCUT2D eigenvalue weighted by atomic mass is 9.93. The minimum absolute atomic E-state index is 0.0134. The lowest BCUT2D eigenvalue weighted by molar-refractivity contribution is -0.131. The van der Waals surface area contributed by atoms with Crippen LogP contribution in [0.1, 0.15) is 66.2 Å². The minimum Gasteiger partial charge on any atom is -0.478 e. The van der Waals surface area contributed by atoms with Gasteiger partial charge in [-0.25, -0.2) is 4.79 Å². The third-order valence-electron chi connectivity index (χ3n) is 3.67. The first-order valence-electron chi connectivity index (χ1n) is 7.22. The van der Waals surface area contributed by atoms with Crippen LogP contribution < -0.4 is 0 Å². The van der Waals surface area contributed by atoms with Crippen LogP contribution >= 0.6 is 0 Å². The average molecular weight is 270 g/mol. The van der Waals surface area contributed by atoms with Gasteiger partial charge in [0, 0.05) is 13.2 Å². The Balaban J connectivity index is 3.71. The van der Waals surface area contributed by atoms with Gasteiger partial charge in [0.2, 0.25) is 0 Å². The van der Waals surface area contributed by atoms with Crippen molar-refractivity contribution in [1.29, 1.82) is 0 Å². The van der Waals surface area contributed by atoms with Gasteiger partial charge in [-0.05, 0) is 46.0 Å². The molecule has 0 aromatic heterocycles. The van der Waals surface area contributed by atoms with Crippen molar-refractivity contribution in [1.82, 2.24) is 0 Å². The Bertz CT molecular complexity index is 292. The summed E-state index contributed by atoms with van der Waals surface area (Å²) in [4.78, 5) is 10.5. The molecule has 1 atom stereocenters. The van der Waals surface area contributed by atoms with E-state index >= 15 is 0 Å². The molecule has 0 aliphatic carbocycles. The molecule has 0 aliphatic heterocycles. The summed E-state index contributed by atoms with van der Waals surface area (Å²) in [5, 5.41) is 8.62. The number of allylic oxidation sites excluding steroid dienone is 1. The lowest BCUT2D eigenvalue weighted by Crippen LogP contribution is -2.22. The molecule has 0 heterocycles. The van der Waals surface area contributed by atoms with Gasteiger partial charge in [-0.15, -0.1) is 0 Å². The summed E-state index contributed by atoms with van der Waals surface area (Å²) in [5.74, 6) is -0.141. The van der Waals surface area contributed by atoms with Crippen molar-refractivity contribution in [2.24, 2.45) is 5.92 Å². The Morgan fingerprint density at radius 2 is 1.89 bits per heavy atom. The van der Waals surface area contributed by atoms with Gasteiger partial charge in [-0.3, -0.25) is 0 Å². The molecular weight excluding hydrogens is 240 g/mol. The molecule has 1 unspecified atom stereocenters. The standard InChI is InChI=1S/C16H30O3/c1-13(10-7-11-16(3,4)19-5)8-6-9-14(2)12-15(17)18/h12-13H,6-11H2,1-5H3,(H,17,18). The molecule has 0 radical (unpaired) electrons. The third-order valence-corrected chi connectivity index (χ3v) is 3.67. The second-order valence-electron chi connectivity index (χ2n) is 6.18. The minimum atomic E-state index is -0.840. The quantitative estimate of drug-likeness (QED) is 0.598. The second-order valence-corrected chi connectivity index (χ2v) is 6.18. The van der Waals surface area contributed by atoms with E-state index in [-0.39, 0.29) is 5.60 Å². The molecule has 0 saturated heterocycles. The van der Waals surface area contributed by atoms with Crippen LogP contribution in [0.5, 0.6) is 0 Å². The molecule has 0 bridgehead atoms. The Morgan fingerprint density at radius 1 is 1.32 bits per heavy atom. The second kappa shape index (κ2) is 9.13. The molecule has 0 rings (SSSR count). The van der Waals surface area contributed by atoms with Crippen LogP contribution in [0.15, 0.2) is 11.6 Å². The number of carboxylic acid groups (broad SMARTS) is 1. The highest BCUT2D eigenvalue weighted by atomic mass is 16.5. The highest BCUT2D eigenvalue weighted by Gasteiger charge is 2.16. The Labute approximate surface area is 118 Å². The van der Waals surface area contributed by atoms with Crippen molar-refractivity contribution in [3.05, 3.63) is 11.6 Å². The normalized spacial score (nSPS) is 14.5. The van der Waals surface area contributed by atoms with Crippen LogP contribution in [-0.2, 0) is 9.53 Å². The van der Waals surface area contributed by atoms with Crippen molar-refractivity contribution in [2.75, 3.05) is 7.11 Å². The fourth-order valence-electron chi connectivity index (χ4n) is 2.13. The van der Waals surface area contributed by atoms with E-state index in [1.54, 1.807) is 7.11 Å². The highest BCUT2D eigenvalue weighted by molar-refractivity contribution is 5.80. The van der Waals surface area contributed by atoms with E-state index in [9.17, 15) is 4.79 Å². The summed E-state index contributed by atoms with van der Waals surface area (Å²) in [5.41, 5.74) is 0.945. The Hall–Kier alpha value is -0.830. The average Bonchev–Trinajstić information content (AvgIpc) is 2.27. The monoisotopic (exact) mass is 270 g/mol. The molecule has 19 heavy (non-hydrogen) atoms. The predicted molar refractivity (Wildman–Crippen MR) is 79.3 cm³/mol. The molecule has 0 aromatic carbocycles. The lowest BCUT2D eigenvalue weighted by Gasteiger charge is -2.23. The molecule has 0 spiro atoms. The molecular formula is C16H30O3. The Morgan fingerprint density at radius 3 is 2.42 bits per heavy atom. The summed E-state index contributed by atoms with van der Waals surface area (Å²) in [6, 6.07) is 0. The number of hydrogen-bond donors (Lipinski definition) is 1. The maximum absolute atomic E-state index is 10.5. The molecule has 0 fully saturated rings. The molecule has 0 saturated carbocycles. The topological polar surface area (TPSA) is 46.5 Å². The number of methoxy groups -OCH3 is 1. The van der Waals surface area contributed by atoms with E-state index in [2.05, 4.69) is 20.8 Å². The van der Waals surface area contributed by atoms with E-state index in [4.69, 9.17) is 9.84 Å². The maximum Gasteiger partial charge on any atom is 0.328 e. The first-order valence-corrected chi connectivity index (χ1v) is 7.22. The fraction of sp³-hybridized carbons (Fsp3) is 0.812. The van der Waals surface area contributed by atoms with E-state index in [1.807, 2.05) is 6.92 Å². The first-order chi connectivity index (χ1) is 8.76. The van der Waals surface area contributed by atoms with Crippen molar-refractivity contribution in [3.63, 3.8) is 0 Å². The number of ether oxygens (including phenoxy) is 1. The number of aliphatic carboxylic acids is 1. The summed E-state index contributed by atoms with van der Waals surface area (Å²) >= 11 is 0. The van der Waals surface area contributed by atoms with Gasteiger partial charge in [0.25, 0.3) is 0 Å². The predicted octanol–water partition coefficient (Wildman–Crippen LogP) is 4.42. The molecule has 0 aromatic rings. The van der Waals surface area contributed by atoms with Crippen molar-refractivity contribution in [3.8, 4) is 0 Å². The van der Waals surface area contributed by atoms with Crippen molar-refractivity contribution >= 4 is 5.97 Å². The molecule has 112 valence electrons. The van der Waals surface area contributed by atoms with Crippen LogP contribution in [0, 0.1) is 5.92 Å². The van der Waals surface area contributed by atoms with Crippen molar-refractivity contribution in [2.45, 2.75) is 71.8 Å². The molecule has 0 aliphatic rings. The molecule has 1 N–H and O–H groups in total. The van der Waals surface area contributed by atoms with Crippen LogP contribution in [0.3, 0.4) is 0 Å². The number of carbonyl (C=O) groups is 1. The third kappa shape index (κ3) is 10.8. The van der Waals surface area contributed by atoms with E-state index in [1.165, 1.54) is 18.9 Å². The van der Waals surface area contributed by atoms with Crippen LogP contribution in [0.2, 0.25) is 0 Å². The van der Waals surface area contributed by atoms with Gasteiger partial charge >= 0.3 is 5.97 Å². The zero-order valence-electron chi connectivity index (χ0n) is 13.2. The number of rotatable bonds is 10. The van der Waals surface area contributed by atoms with Crippen LogP contribution in [-0.4, -0.2) is 23.8 Å². The van der Waals surface area contributed by atoms with Gasteiger partial charge in [0.15, 0.2) is 0 Å². The summed E-state index contributed by atoms with van der Waals surface area (Å²) in [7, 11) is 1.76. The van der Waals surface area contributed by atoms with Gasteiger partial charge < -0.3 is 9.84 Å². The van der Waals surface area contributed by atoms with Gasteiger partial charge in [-0.1, -0.05) is 31.8 Å². The Kier molecular flexibility index (Phi) is 8.73. The SMILES string of the molecule is COC(C)(C)CCCC(C)CCCC(C)=CC(=O)O. The number of carboxylic acids is 1. The largest absolute Gasteiger partial charge is 0.478 e. The first kappa shape index (κ1) is 18.2. The van der Waals surface area contributed by atoms with E-state index in [0.29, 0.717) is 5.92 Å². The van der Waals surface area contributed by atoms with Crippen LogP contribution in [0.4, 0.5) is 0 Å². The van der Waals surface area contributed by atoms with Gasteiger partial charge in [0.05, 0.1) is 5.60 Å². The highest BCUT2D eigenvalue weighted by Crippen LogP contribution is 2.22. The van der Waals surface area contributed by atoms with E-state index in [0.717, 1.165) is 31.3 Å². The number of hydrogen-bond acceptors (Lipinski definition) is 2. The smallest absolute Gasteiger partial charge is 0.328 e. The van der Waals surface area contributed by atoms with E-state index < -0.39 is 5.97 Å². The summed E-state index contributed by atoms with van der Waals surface area (Å²) in [6.45, 7) is 8.41. The fourth-order valence-corrected chi connectivity index (χ4v) is 2.13. The maximum atomic E-state index is 10.5. The van der Waals surface area contributed by atoms with Crippen LogP contribution in [0.25, 0.3) is 0 Å². The van der Waals surface area contributed by atoms with Gasteiger partial charge in [-0.2, -0.15) is 0 Å². The molecule has 3 heteroatoms. The summed E-state index contributed by atoms with van der Waals surface area (Å²) in [6.07, 6.45) is 7.93.